The molecule has 18 heavy (non-hydrogen) atoms. The van der Waals surface area contributed by atoms with Gasteiger partial charge in [-0.05, 0) is 6.07 Å². The van der Waals surface area contributed by atoms with E-state index in [0.717, 1.165) is 5.56 Å². The van der Waals surface area contributed by atoms with Gasteiger partial charge < -0.3 is 10.4 Å². The number of aromatic amines is 1. The zero-order valence-corrected chi connectivity index (χ0v) is 9.55. The van der Waals surface area contributed by atoms with Crippen molar-refractivity contribution in [2.45, 2.75) is 6.42 Å². The lowest BCUT2D eigenvalue weighted by molar-refractivity contribution is -0.113. The summed E-state index contributed by atoms with van der Waals surface area (Å²) in [5.74, 6) is 0.725. The average molecular weight is 241 g/mol. The topological polar surface area (TPSA) is 83.0 Å². The van der Waals surface area contributed by atoms with Crippen LogP contribution in [0, 0.1) is 0 Å². The van der Waals surface area contributed by atoms with Gasteiger partial charge >= 0.3 is 0 Å². The molecule has 0 amide bonds. The van der Waals surface area contributed by atoms with Crippen molar-refractivity contribution < 1.29 is 4.79 Å². The monoisotopic (exact) mass is 241 g/mol. The Labute approximate surface area is 103 Å². The van der Waals surface area contributed by atoms with Crippen LogP contribution in [0.3, 0.4) is 0 Å². The fourth-order valence-electron chi connectivity index (χ4n) is 1.90. The maximum absolute atomic E-state index is 11.9. The highest BCUT2D eigenvalue weighted by atomic mass is 16.1. The fraction of sp³-hybridized carbons (Fsp3) is 0.167. The second-order valence-electron chi connectivity index (χ2n) is 3.90. The van der Waals surface area contributed by atoms with Crippen LogP contribution in [-0.4, -0.2) is 33.0 Å². The van der Waals surface area contributed by atoms with Crippen LogP contribution in [0.5, 0.6) is 0 Å². The summed E-state index contributed by atoms with van der Waals surface area (Å²) in [4.78, 5) is 23.2. The minimum absolute atomic E-state index is 0.0227. The minimum atomic E-state index is 0.0227. The summed E-state index contributed by atoms with van der Waals surface area (Å²) in [5, 5.41) is 4.09. The smallest absolute Gasteiger partial charge is 0.185 e. The third-order valence-corrected chi connectivity index (χ3v) is 2.75. The van der Waals surface area contributed by atoms with Crippen molar-refractivity contribution in [2.24, 2.45) is 5.10 Å². The van der Waals surface area contributed by atoms with Crippen molar-refractivity contribution in [3.8, 4) is 11.4 Å². The van der Waals surface area contributed by atoms with E-state index in [-0.39, 0.29) is 5.78 Å². The maximum Gasteiger partial charge on any atom is 0.185 e. The molecule has 2 aromatic rings. The molecule has 6 heteroatoms. The van der Waals surface area contributed by atoms with E-state index in [1.54, 1.807) is 24.8 Å². The number of rotatable bonds is 2. The molecule has 0 fully saturated rings. The normalized spacial score (nSPS) is 15.1. The van der Waals surface area contributed by atoms with E-state index in [9.17, 15) is 4.79 Å². The van der Waals surface area contributed by atoms with Crippen molar-refractivity contribution in [3.63, 3.8) is 0 Å². The first kappa shape index (κ1) is 10.6. The number of Topliss-reactive ketones (excluding diaryl/α,β-unsaturated/α-hetero) is 1. The lowest BCUT2D eigenvalue weighted by atomic mass is 10.00. The summed E-state index contributed by atoms with van der Waals surface area (Å²) in [7, 11) is 0. The van der Waals surface area contributed by atoms with Crippen molar-refractivity contribution in [1.82, 2.24) is 20.4 Å². The second kappa shape index (κ2) is 4.40. The summed E-state index contributed by atoms with van der Waals surface area (Å²) in [6.45, 7) is 0.582. The van der Waals surface area contributed by atoms with E-state index in [1.165, 1.54) is 0 Å². The van der Waals surface area contributed by atoms with Gasteiger partial charge in [-0.25, -0.2) is 4.98 Å². The van der Waals surface area contributed by atoms with Crippen LogP contribution in [0.4, 0.5) is 0 Å². The third kappa shape index (κ3) is 1.77. The first-order valence-electron chi connectivity index (χ1n) is 5.64. The van der Waals surface area contributed by atoms with E-state index in [4.69, 9.17) is 0 Å². The van der Waals surface area contributed by atoms with Crippen LogP contribution in [0.2, 0.25) is 0 Å². The Kier molecular flexibility index (Phi) is 2.60. The van der Waals surface area contributed by atoms with Gasteiger partial charge in [0, 0.05) is 48.9 Å². The molecular weight excluding hydrogens is 230 g/mol. The Hall–Kier alpha value is -2.50. The van der Waals surface area contributed by atoms with Crippen LogP contribution in [0.1, 0.15) is 12.0 Å². The number of aromatic nitrogens is 3. The molecule has 3 heterocycles. The van der Waals surface area contributed by atoms with Gasteiger partial charge in [-0.3, -0.25) is 9.78 Å². The predicted molar refractivity (Wildman–Crippen MR) is 66.0 cm³/mol. The van der Waals surface area contributed by atoms with Gasteiger partial charge in [-0.1, -0.05) is 0 Å². The van der Waals surface area contributed by atoms with Crippen molar-refractivity contribution in [2.75, 3.05) is 6.54 Å². The number of hydrogen-bond donors (Lipinski definition) is 2. The van der Waals surface area contributed by atoms with Gasteiger partial charge in [0.25, 0.3) is 0 Å². The molecule has 0 saturated carbocycles. The van der Waals surface area contributed by atoms with E-state index < -0.39 is 0 Å². The highest BCUT2D eigenvalue weighted by Crippen LogP contribution is 2.20. The molecule has 0 radical (unpaired) electrons. The minimum Gasteiger partial charge on any atom is -0.345 e. The SMILES string of the molecule is O=C1CCNN=C1c1cnccc1-c1ncc[nH]1. The summed E-state index contributed by atoms with van der Waals surface area (Å²) in [6, 6.07) is 1.82. The molecule has 2 aromatic heterocycles. The lowest BCUT2D eigenvalue weighted by Gasteiger charge is -2.13. The number of carbonyl (C=O) groups excluding carboxylic acids is 1. The molecular formula is C12H11N5O. The molecule has 0 atom stereocenters. The number of carbonyl (C=O) groups is 1. The van der Waals surface area contributed by atoms with E-state index >= 15 is 0 Å². The first-order valence-corrected chi connectivity index (χ1v) is 5.64. The fourth-order valence-corrected chi connectivity index (χ4v) is 1.90. The number of H-pyrrole nitrogens is 1. The lowest BCUT2D eigenvalue weighted by Crippen LogP contribution is -2.29. The average Bonchev–Trinajstić information content (AvgIpc) is 2.93. The molecule has 1 aliphatic heterocycles. The van der Waals surface area contributed by atoms with E-state index in [2.05, 4.69) is 25.5 Å². The standard InChI is InChI=1S/C12H11N5O/c18-10-2-4-16-17-11(10)9-7-13-3-1-8(9)12-14-5-6-15-12/h1,3,5-7,16H,2,4H2,(H,14,15). The Morgan fingerprint density at radius 1 is 1.22 bits per heavy atom. The Morgan fingerprint density at radius 3 is 2.94 bits per heavy atom. The largest absolute Gasteiger partial charge is 0.345 e. The molecule has 2 N–H and O–H groups in total. The summed E-state index contributed by atoms with van der Waals surface area (Å²) in [6.07, 6.45) is 7.17. The molecule has 0 aliphatic carbocycles. The molecule has 1 aliphatic rings. The van der Waals surface area contributed by atoms with Crippen molar-refractivity contribution >= 4 is 11.5 Å². The zero-order valence-electron chi connectivity index (χ0n) is 9.55. The number of hydrogen-bond acceptors (Lipinski definition) is 5. The summed E-state index contributed by atoms with van der Waals surface area (Å²) in [5.41, 5.74) is 4.79. The van der Waals surface area contributed by atoms with Gasteiger partial charge in [0.15, 0.2) is 5.78 Å². The summed E-state index contributed by atoms with van der Waals surface area (Å²) >= 11 is 0. The Morgan fingerprint density at radius 2 is 2.17 bits per heavy atom. The van der Waals surface area contributed by atoms with Crippen molar-refractivity contribution in [1.29, 1.82) is 0 Å². The first-order chi connectivity index (χ1) is 8.86. The zero-order chi connectivity index (χ0) is 12.4. The Bertz CT molecular complexity index is 603. The van der Waals surface area contributed by atoms with E-state index in [0.29, 0.717) is 30.1 Å². The molecule has 3 rings (SSSR count). The van der Waals surface area contributed by atoms with Crippen LogP contribution < -0.4 is 5.43 Å². The highest BCUT2D eigenvalue weighted by Gasteiger charge is 2.21. The Balaban J connectivity index is 2.13. The number of ketones is 1. The van der Waals surface area contributed by atoms with Gasteiger partial charge in [-0.2, -0.15) is 5.10 Å². The summed E-state index contributed by atoms with van der Waals surface area (Å²) < 4.78 is 0. The molecule has 0 unspecified atom stereocenters. The number of hydrazone groups is 1. The quantitative estimate of drug-likeness (QED) is 0.812. The molecule has 6 nitrogen and oxygen atoms in total. The van der Waals surface area contributed by atoms with Gasteiger partial charge in [0.1, 0.15) is 11.5 Å². The maximum atomic E-state index is 11.9. The molecule has 0 bridgehead atoms. The van der Waals surface area contributed by atoms with E-state index in [1.807, 2.05) is 6.07 Å². The van der Waals surface area contributed by atoms with Crippen LogP contribution in [-0.2, 0) is 4.79 Å². The molecule has 0 saturated heterocycles. The van der Waals surface area contributed by atoms with Gasteiger partial charge in [0.05, 0.1) is 0 Å². The van der Waals surface area contributed by atoms with Gasteiger partial charge in [-0.15, -0.1) is 0 Å². The number of pyridine rings is 1. The van der Waals surface area contributed by atoms with Crippen molar-refractivity contribution in [3.05, 3.63) is 36.4 Å². The second-order valence-corrected chi connectivity index (χ2v) is 3.90. The van der Waals surface area contributed by atoms with Crippen LogP contribution >= 0.6 is 0 Å². The molecule has 90 valence electrons. The predicted octanol–water partition coefficient (Wildman–Crippen LogP) is 0.738. The van der Waals surface area contributed by atoms with Crippen LogP contribution in [0.15, 0.2) is 36.0 Å². The third-order valence-electron chi connectivity index (χ3n) is 2.75. The van der Waals surface area contributed by atoms with Gasteiger partial charge in [0.2, 0.25) is 0 Å². The highest BCUT2D eigenvalue weighted by molar-refractivity contribution is 6.47. The van der Waals surface area contributed by atoms with Crippen LogP contribution in [0.25, 0.3) is 11.4 Å². The molecule has 0 spiro atoms. The number of nitrogens with zero attached hydrogens (tertiary/aromatic N) is 3. The number of imidazole rings is 1. The number of nitrogens with one attached hydrogen (secondary N) is 2. The molecule has 0 aromatic carbocycles.